The third kappa shape index (κ3) is 6.45. The van der Waals surface area contributed by atoms with Gasteiger partial charge in [0.25, 0.3) is 5.91 Å². The molecule has 0 saturated carbocycles. The number of hydrogen-bond donors (Lipinski definition) is 4. The van der Waals surface area contributed by atoms with E-state index in [1.807, 2.05) is 6.92 Å². The van der Waals surface area contributed by atoms with Crippen LogP contribution in [0.1, 0.15) is 66.4 Å². The molecule has 1 aromatic carbocycles. The normalized spacial score (nSPS) is 20.1. The summed E-state index contributed by atoms with van der Waals surface area (Å²) < 4.78 is 20.9. The molecule has 44 heavy (non-hydrogen) atoms. The van der Waals surface area contributed by atoms with Gasteiger partial charge in [0.2, 0.25) is 11.5 Å². The molecular formula is C31H32ClFN6O5. The Labute approximate surface area is 257 Å². The van der Waals surface area contributed by atoms with Crippen LogP contribution in [0.15, 0.2) is 64.3 Å². The summed E-state index contributed by atoms with van der Waals surface area (Å²) >= 11 is 5.99. The van der Waals surface area contributed by atoms with Gasteiger partial charge in [0.15, 0.2) is 0 Å². The van der Waals surface area contributed by atoms with Crippen molar-refractivity contribution in [1.29, 1.82) is 0 Å². The summed E-state index contributed by atoms with van der Waals surface area (Å²) in [6, 6.07) is 6.70. The Bertz CT molecular complexity index is 1750. The quantitative estimate of drug-likeness (QED) is 0.286. The number of rotatable bonds is 4. The summed E-state index contributed by atoms with van der Waals surface area (Å²) in [4.78, 5) is 54.2. The van der Waals surface area contributed by atoms with E-state index in [1.165, 1.54) is 30.1 Å². The Morgan fingerprint density at radius 2 is 1.98 bits per heavy atom. The lowest BCUT2D eigenvalue weighted by molar-refractivity contribution is -0.119. The first-order chi connectivity index (χ1) is 21.0. The number of aromatic amines is 1. The standard InChI is InChI=1S/C31H32ClFN6O5/c1-16-6-4-8-23(37-30(42)21-15-34-39(17(21)2)26-9-5-7-22(32)28(26)33)25-12-18(13-27(40)36-25)20-11-10-19(35-31(43)44-3)14-24(20)38-29(16)41/h5,7,10-16,23,26H,4,6,8-9H2,1-3H3,(H,35,43)(H,36,40)(H,37,42)(H,38,41)/t16-,23+,26?/m1/s1. The van der Waals surface area contributed by atoms with Crippen molar-refractivity contribution < 1.29 is 23.5 Å². The van der Waals surface area contributed by atoms with Crippen LogP contribution in [-0.2, 0) is 9.53 Å². The van der Waals surface area contributed by atoms with Crippen LogP contribution >= 0.6 is 11.6 Å². The van der Waals surface area contributed by atoms with Crippen molar-refractivity contribution in [2.24, 2.45) is 5.92 Å². The molecule has 0 radical (unpaired) electrons. The monoisotopic (exact) mass is 622 g/mol. The second-order valence-electron chi connectivity index (χ2n) is 10.9. The van der Waals surface area contributed by atoms with E-state index >= 15 is 0 Å². The van der Waals surface area contributed by atoms with Gasteiger partial charge >= 0.3 is 6.09 Å². The van der Waals surface area contributed by atoms with E-state index in [0.29, 0.717) is 59.6 Å². The Morgan fingerprint density at radius 3 is 2.75 bits per heavy atom. The van der Waals surface area contributed by atoms with Gasteiger partial charge in [-0.25, -0.2) is 9.18 Å². The SMILES string of the molecule is COC(=O)Nc1ccc2c(c1)NC(=O)[C@H](C)CCC[C@H](NC(=O)c1cnn(C3CC=CC(Cl)=C3F)c1C)c1cc-2cc(=O)[nH]1. The molecule has 3 amide bonds. The number of H-pyrrole nitrogens is 1. The number of nitrogens with zero attached hydrogens (tertiary/aromatic N) is 2. The lowest BCUT2D eigenvalue weighted by Crippen LogP contribution is -2.31. The van der Waals surface area contributed by atoms with Gasteiger partial charge < -0.3 is 20.4 Å². The molecule has 1 aliphatic heterocycles. The molecule has 3 atom stereocenters. The highest BCUT2D eigenvalue weighted by molar-refractivity contribution is 6.31. The molecule has 3 heterocycles. The molecule has 0 spiro atoms. The van der Waals surface area contributed by atoms with Crippen molar-refractivity contribution in [3.05, 3.63) is 86.8 Å². The van der Waals surface area contributed by atoms with Crippen molar-refractivity contribution in [2.75, 3.05) is 17.7 Å². The van der Waals surface area contributed by atoms with E-state index in [9.17, 15) is 23.6 Å². The van der Waals surface area contributed by atoms with E-state index in [4.69, 9.17) is 11.6 Å². The van der Waals surface area contributed by atoms with Crippen LogP contribution < -0.4 is 21.5 Å². The van der Waals surface area contributed by atoms with E-state index in [0.717, 1.165) is 0 Å². The number of carbonyl (C=O) groups excluding carboxylic acids is 3. The molecule has 1 aliphatic carbocycles. The molecular weight excluding hydrogens is 591 g/mol. The molecule has 11 nitrogen and oxygen atoms in total. The molecule has 2 aliphatic rings. The fraction of sp³-hybridized carbons (Fsp3) is 0.323. The van der Waals surface area contributed by atoms with Crippen LogP contribution in [0.5, 0.6) is 0 Å². The number of fused-ring (bicyclic) bond motifs is 4. The van der Waals surface area contributed by atoms with Gasteiger partial charge in [0.1, 0.15) is 11.9 Å². The average molecular weight is 623 g/mol. The minimum atomic E-state index is -0.750. The van der Waals surface area contributed by atoms with E-state index in [1.54, 1.807) is 37.3 Å². The second kappa shape index (κ2) is 12.9. The summed E-state index contributed by atoms with van der Waals surface area (Å²) in [5, 5.41) is 12.8. The van der Waals surface area contributed by atoms with Crippen LogP contribution in [0.4, 0.5) is 20.6 Å². The zero-order valence-electron chi connectivity index (χ0n) is 24.4. The van der Waals surface area contributed by atoms with Crippen molar-refractivity contribution in [3.63, 3.8) is 0 Å². The number of benzene rings is 1. The Kier molecular flexibility index (Phi) is 9.00. The highest BCUT2D eigenvalue weighted by Gasteiger charge is 2.28. The topological polar surface area (TPSA) is 147 Å². The lowest BCUT2D eigenvalue weighted by Gasteiger charge is -2.23. The molecule has 13 heteroatoms. The van der Waals surface area contributed by atoms with Crippen molar-refractivity contribution in [3.8, 4) is 11.1 Å². The number of carbonyl (C=O) groups is 3. The van der Waals surface area contributed by atoms with Crippen LogP contribution in [0, 0.1) is 12.8 Å². The minimum Gasteiger partial charge on any atom is -0.453 e. The predicted molar refractivity (Wildman–Crippen MR) is 164 cm³/mol. The van der Waals surface area contributed by atoms with Crippen LogP contribution in [-0.4, -0.2) is 39.8 Å². The van der Waals surface area contributed by atoms with Gasteiger partial charge in [-0.05, 0) is 56.0 Å². The van der Waals surface area contributed by atoms with Crippen LogP contribution in [0.25, 0.3) is 11.1 Å². The molecule has 0 saturated heterocycles. The number of methoxy groups -OCH3 is 1. The highest BCUT2D eigenvalue weighted by Crippen LogP contribution is 2.35. The predicted octanol–water partition coefficient (Wildman–Crippen LogP) is 5.88. The second-order valence-corrected chi connectivity index (χ2v) is 11.3. The van der Waals surface area contributed by atoms with Gasteiger partial charge in [-0.2, -0.15) is 5.10 Å². The van der Waals surface area contributed by atoms with Gasteiger partial charge in [0.05, 0.1) is 35.6 Å². The maximum atomic E-state index is 14.8. The van der Waals surface area contributed by atoms with Crippen LogP contribution in [0.3, 0.4) is 0 Å². The van der Waals surface area contributed by atoms with E-state index in [-0.39, 0.29) is 22.4 Å². The van der Waals surface area contributed by atoms with Crippen molar-refractivity contribution in [2.45, 2.75) is 51.6 Å². The first-order valence-corrected chi connectivity index (χ1v) is 14.5. The number of allylic oxidation sites excluding steroid dienone is 4. The molecule has 1 unspecified atom stereocenters. The summed E-state index contributed by atoms with van der Waals surface area (Å²) in [5.41, 5.74) is 2.65. The minimum absolute atomic E-state index is 0.000328. The Balaban J connectivity index is 1.50. The third-order valence-electron chi connectivity index (χ3n) is 7.87. The largest absolute Gasteiger partial charge is 0.453 e. The molecule has 2 aromatic heterocycles. The van der Waals surface area contributed by atoms with Gasteiger partial charge in [-0.3, -0.25) is 24.4 Å². The number of amides is 3. The molecule has 3 aromatic rings. The van der Waals surface area contributed by atoms with Crippen molar-refractivity contribution >= 4 is 40.9 Å². The van der Waals surface area contributed by atoms with E-state index < -0.39 is 35.5 Å². The summed E-state index contributed by atoms with van der Waals surface area (Å²) in [6.07, 6.45) is 5.82. The molecule has 0 fully saturated rings. The number of aromatic nitrogens is 3. The highest BCUT2D eigenvalue weighted by atomic mass is 35.5. The zero-order valence-corrected chi connectivity index (χ0v) is 25.1. The Morgan fingerprint density at radius 1 is 1.18 bits per heavy atom. The molecule has 5 rings (SSSR count). The Hall–Kier alpha value is -4.71. The van der Waals surface area contributed by atoms with Gasteiger partial charge in [-0.15, -0.1) is 0 Å². The lowest BCUT2D eigenvalue weighted by atomic mass is 9.95. The zero-order chi connectivity index (χ0) is 31.5. The fourth-order valence-corrected chi connectivity index (χ4v) is 5.64. The fourth-order valence-electron chi connectivity index (χ4n) is 5.42. The number of hydrogen-bond acceptors (Lipinski definition) is 6. The number of anilines is 2. The maximum absolute atomic E-state index is 14.8. The third-order valence-corrected chi connectivity index (χ3v) is 8.18. The number of ether oxygens (including phenoxy) is 1. The van der Waals surface area contributed by atoms with Crippen LogP contribution in [0.2, 0.25) is 0 Å². The number of pyridine rings is 1. The van der Waals surface area contributed by atoms with Gasteiger partial charge in [0, 0.05) is 34.6 Å². The first kappa shape index (κ1) is 30.7. The average Bonchev–Trinajstić information content (AvgIpc) is 3.38. The van der Waals surface area contributed by atoms with Crippen molar-refractivity contribution in [1.82, 2.24) is 20.1 Å². The summed E-state index contributed by atoms with van der Waals surface area (Å²) in [6.45, 7) is 3.50. The first-order valence-electron chi connectivity index (χ1n) is 14.2. The summed E-state index contributed by atoms with van der Waals surface area (Å²) in [7, 11) is 1.24. The number of nitrogens with one attached hydrogen (secondary N) is 4. The van der Waals surface area contributed by atoms with E-state index in [2.05, 4.69) is 30.8 Å². The van der Waals surface area contributed by atoms with Gasteiger partial charge in [-0.1, -0.05) is 37.1 Å². The maximum Gasteiger partial charge on any atom is 0.411 e. The smallest absolute Gasteiger partial charge is 0.411 e. The summed E-state index contributed by atoms with van der Waals surface area (Å²) in [5.74, 6) is -1.56. The molecule has 4 N–H and O–H groups in total. The number of halogens is 2. The molecule has 230 valence electrons. The molecule has 2 bridgehead atoms.